The summed E-state index contributed by atoms with van der Waals surface area (Å²) in [6.07, 6.45) is 8.55. The maximum Gasteiger partial charge on any atom is 0.253 e. The Balaban J connectivity index is 1.53. The molecule has 4 rings (SSSR count). The number of carbonyl (C=O) groups is 1. The van der Waals surface area contributed by atoms with Gasteiger partial charge in [-0.2, -0.15) is 5.10 Å². The van der Waals surface area contributed by atoms with Crippen LogP contribution in [0.1, 0.15) is 51.0 Å². The van der Waals surface area contributed by atoms with Gasteiger partial charge in [0.2, 0.25) is 0 Å². The zero-order valence-corrected chi connectivity index (χ0v) is 16.4. The van der Waals surface area contributed by atoms with Crippen LogP contribution in [0.25, 0.3) is 10.9 Å². The number of nitrogens with zero attached hydrogens (tertiary/aromatic N) is 2. The highest BCUT2D eigenvalue weighted by Gasteiger charge is 2.25. The first-order valence-electron chi connectivity index (χ1n) is 10.3. The van der Waals surface area contributed by atoms with Gasteiger partial charge in [0.15, 0.2) is 0 Å². The maximum atomic E-state index is 12.6. The molecule has 0 spiro atoms. The highest BCUT2D eigenvalue weighted by molar-refractivity contribution is 5.98. The fraction of sp³-hybridized carbons (Fsp3) is 0.619. The lowest BCUT2D eigenvalue weighted by Crippen LogP contribution is -2.33. The largest absolute Gasteiger partial charge is 0.494 e. The third-order valence-electron chi connectivity index (χ3n) is 6.02. The minimum atomic E-state index is -0.390. The van der Waals surface area contributed by atoms with Gasteiger partial charge in [0.25, 0.3) is 5.91 Å². The highest BCUT2D eigenvalue weighted by atomic mass is 16.5. The SMILES string of the molecule is COc1cc2nn(C3CCC(CO)CC3)cc2cc1NC(=O)C1CCCCO1. The van der Waals surface area contributed by atoms with Crippen LogP contribution in [-0.4, -0.2) is 47.2 Å². The third kappa shape index (κ3) is 4.00. The number of aromatic nitrogens is 2. The molecule has 7 nitrogen and oxygen atoms in total. The minimum absolute atomic E-state index is 0.118. The molecule has 1 amide bonds. The van der Waals surface area contributed by atoms with Crippen molar-refractivity contribution in [2.75, 3.05) is 25.6 Å². The van der Waals surface area contributed by atoms with E-state index in [2.05, 4.69) is 5.32 Å². The Hall–Kier alpha value is -2.12. The summed E-state index contributed by atoms with van der Waals surface area (Å²) in [6, 6.07) is 4.16. The van der Waals surface area contributed by atoms with E-state index in [1.165, 1.54) is 0 Å². The van der Waals surface area contributed by atoms with E-state index in [0.29, 0.717) is 30.0 Å². The van der Waals surface area contributed by atoms with E-state index in [1.807, 2.05) is 23.0 Å². The number of fused-ring (bicyclic) bond motifs is 1. The number of rotatable bonds is 5. The van der Waals surface area contributed by atoms with Crippen LogP contribution in [0.2, 0.25) is 0 Å². The Morgan fingerprint density at radius 1 is 1.29 bits per heavy atom. The topological polar surface area (TPSA) is 85.6 Å². The molecule has 28 heavy (non-hydrogen) atoms. The van der Waals surface area contributed by atoms with Crippen molar-refractivity contribution in [1.29, 1.82) is 0 Å². The van der Waals surface area contributed by atoms with Gasteiger partial charge < -0.3 is 19.9 Å². The van der Waals surface area contributed by atoms with Gasteiger partial charge in [-0.15, -0.1) is 0 Å². The van der Waals surface area contributed by atoms with E-state index in [0.717, 1.165) is 55.8 Å². The van der Waals surface area contributed by atoms with Crippen LogP contribution >= 0.6 is 0 Å². The second-order valence-electron chi connectivity index (χ2n) is 7.92. The molecular formula is C21H29N3O4. The van der Waals surface area contributed by atoms with Crippen LogP contribution in [0.3, 0.4) is 0 Å². The van der Waals surface area contributed by atoms with Gasteiger partial charge in [0.05, 0.1) is 24.4 Å². The smallest absolute Gasteiger partial charge is 0.253 e. The lowest BCUT2D eigenvalue weighted by Gasteiger charge is -2.27. The molecule has 1 aliphatic carbocycles. The Bertz CT molecular complexity index is 820. The van der Waals surface area contributed by atoms with Crippen molar-refractivity contribution >= 4 is 22.5 Å². The van der Waals surface area contributed by atoms with Gasteiger partial charge in [-0.05, 0) is 56.9 Å². The second-order valence-corrected chi connectivity index (χ2v) is 7.92. The van der Waals surface area contributed by atoms with Crippen LogP contribution < -0.4 is 10.1 Å². The molecule has 2 aliphatic rings. The summed E-state index contributed by atoms with van der Waals surface area (Å²) in [6.45, 7) is 0.915. The molecule has 152 valence electrons. The third-order valence-corrected chi connectivity index (χ3v) is 6.02. The number of ether oxygens (including phenoxy) is 2. The summed E-state index contributed by atoms with van der Waals surface area (Å²) in [4.78, 5) is 12.6. The number of nitrogens with one attached hydrogen (secondary N) is 1. The first kappa shape index (κ1) is 19.2. The Labute approximate surface area is 165 Å². The van der Waals surface area contributed by atoms with Gasteiger partial charge in [-0.1, -0.05) is 0 Å². The van der Waals surface area contributed by atoms with Crippen LogP contribution in [-0.2, 0) is 9.53 Å². The molecule has 0 radical (unpaired) electrons. The molecule has 1 saturated heterocycles. The molecule has 2 fully saturated rings. The molecule has 7 heteroatoms. The van der Waals surface area contributed by atoms with Crippen molar-refractivity contribution in [3.05, 3.63) is 18.3 Å². The number of hydrogen-bond acceptors (Lipinski definition) is 5. The number of carbonyl (C=O) groups excluding carboxylic acids is 1. The van der Waals surface area contributed by atoms with Gasteiger partial charge in [-0.25, -0.2) is 0 Å². The molecule has 1 saturated carbocycles. The molecule has 2 N–H and O–H groups in total. The minimum Gasteiger partial charge on any atom is -0.494 e. The van der Waals surface area contributed by atoms with Gasteiger partial charge in [0, 0.05) is 30.9 Å². The van der Waals surface area contributed by atoms with Crippen molar-refractivity contribution in [1.82, 2.24) is 9.78 Å². The fourth-order valence-corrected chi connectivity index (χ4v) is 4.28. The van der Waals surface area contributed by atoms with Crippen molar-refractivity contribution in [3.8, 4) is 5.75 Å². The number of amides is 1. The summed E-state index contributed by atoms with van der Waals surface area (Å²) in [5, 5.41) is 18.0. The zero-order chi connectivity index (χ0) is 19.5. The Morgan fingerprint density at radius 2 is 2.11 bits per heavy atom. The first-order chi connectivity index (χ1) is 13.7. The lowest BCUT2D eigenvalue weighted by atomic mass is 9.87. The average molecular weight is 387 g/mol. The Morgan fingerprint density at radius 3 is 2.79 bits per heavy atom. The van der Waals surface area contributed by atoms with E-state index in [1.54, 1.807) is 7.11 Å². The van der Waals surface area contributed by atoms with Gasteiger partial charge in [-0.3, -0.25) is 9.48 Å². The average Bonchev–Trinajstić information content (AvgIpc) is 3.16. The van der Waals surface area contributed by atoms with Gasteiger partial charge >= 0.3 is 0 Å². The van der Waals surface area contributed by atoms with Gasteiger partial charge in [0.1, 0.15) is 11.9 Å². The standard InChI is InChI=1S/C21H29N3O4/c1-27-20-11-17-15(10-18(20)22-21(26)19-4-2-3-9-28-19)12-24(23-17)16-7-5-14(13-25)6-8-16/h10-12,14,16,19,25H,2-9,13H2,1H3,(H,22,26). The first-order valence-corrected chi connectivity index (χ1v) is 10.3. The molecule has 0 bridgehead atoms. The highest BCUT2D eigenvalue weighted by Crippen LogP contribution is 2.35. The summed E-state index contributed by atoms with van der Waals surface area (Å²) in [5.41, 5.74) is 1.51. The second kappa shape index (κ2) is 8.49. The van der Waals surface area contributed by atoms with Crippen molar-refractivity contribution in [3.63, 3.8) is 0 Å². The molecule has 1 unspecified atom stereocenters. The number of benzene rings is 1. The predicted octanol–water partition coefficient (Wildman–Crippen LogP) is 3.28. The van der Waals surface area contributed by atoms with Crippen LogP contribution in [0.5, 0.6) is 5.75 Å². The van der Waals surface area contributed by atoms with E-state index >= 15 is 0 Å². The van der Waals surface area contributed by atoms with Crippen LogP contribution in [0, 0.1) is 5.92 Å². The Kier molecular flexibility index (Phi) is 5.82. The quantitative estimate of drug-likeness (QED) is 0.822. The predicted molar refractivity (Wildman–Crippen MR) is 107 cm³/mol. The van der Waals surface area contributed by atoms with Crippen molar-refractivity contribution < 1.29 is 19.4 Å². The normalized spacial score (nSPS) is 25.6. The summed E-state index contributed by atoms with van der Waals surface area (Å²) in [5.74, 6) is 0.906. The van der Waals surface area contributed by atoms with Crippen LogP contribution in [0.4, 0.5) is 5.69 Å². The fourth-order valence-electron chi connectivity index (χ4n) is 4.28. The molecule has 1 atom stereocenters. The molecule has 1 aliphatic heterocycles. The summed E-state index contributed by atoms with van der Waals surface area (Å²) < 4.78 is 13.1. The monoisotopic (exact) mass is 387 g/mol. The molecule has 1 aromatic heterocycles. The number of anilines is 1. The summed E-state index contributed by atoms with van der Waals surface area (Å²) in [7, 11) is 1.60. The molecular weight excluding hydrogens is 358 g/mol. The van der Waals surface area contributed by atoms with E-state index in [-0.39, 0.29) is 12.5 Å². The number of methoxy groups -OCH3 is 1. The van der Waals surface area contributed by atoms with Crippen molar-refractivity contribution in [2.45, 2.75) is 57.1 Å². The lowest BCUT2D eigenvalue weighted by molar-refractivity contribution is -0.129. The van der Waals surface area contributed by atoms with E-state index in [4.69, 9.17) is 14.6 Å². The van der Waals surface area contributed by atoms with Crippen LogP contribution in [0.15, 0.2) is 18.3 Å². The molecule has 1 aromatic carbocycles. The number of hydrogen-bond donors (Lipinski definition) is 2. The zero-order valence-electron chi connectivity index (χ0n) is 16.4. The van der Waals surface area contributed by atoms with Crippen molar-refractivity contribution in [2.24, 2.45) is 5.92 Å². The number of aliphatic hydroxyl groups is 1. The van der Waals surface area contributed by atoms with E-state index in [9.17, 15) is 9.90 Å². The van der Waals surface area contributed by atoms with E-state index < -0.39 is 6.10 Å². The number of aliphatic hydroxyl groups excluding tert-OH is 1. The summed E-state index contributed by atoms with van der Waals surface area (Å²) >= 11 is 0. The maximum absolute atomic E-state index is 12.6. The molecule has 2 heterocycles. The molecule has 2 aromatic rings.